The summed E-state index contributed by atoms with van der Waals surface area (Å²) in [6, 6.07) is 60.4. The van der Waals surface area contributed by atoms with Gasteiger partial charge in [0.15, 0.2) is 17.5 Å². The summed E-state index contributed by atoms with van der Waals surface area (Å²) in [4.78, 5) is 15.5. The van der Waals surface area contributed by atoms with Crippen molar-refractivity contribution in [3.8, 4) is 56.4 Å². The van der Waals surface area contributed by atoms with Crippen LogP contribution in [0.25, 0.3) is 111 Å². The predicted octanol–water partition coefficient (Wildman–Crippen LogP) is 13.2. The number of rotatable bonds is 5. The lowest BCUT2D eigenvalue weighted by Crippen LogP contribution is -2.00. The molecule has 0 atom stereocenters. The molecule has 54 heavy (non-hydrogen) atoms. The van der Waals surface area contributed by atoms with Crippen LogP contribution in [0.15, 0.2) is 185 Å². The van der Waals surface area contributed by atoms with Crippen molar-refractivity contribution < 1.29 is 8.83 Å². The summed E-state index contributed by atoms with van der Waals surface area (Å²) in [7, 11) is 0. The Kier molecular flexibility index (Phi) is 6.79. The maximum Gasteiger partial charge on any atom is 0.164 e. The van der Waals surface area contributed by atoms with E-state index in [-0.39, 0.29) is 0 Å². The Labute approximate surface area is 309 Å². The first kappa shape index (κ1) is 30.3. The molecule has 252 valence electrons. The number of hydrogen-bond acceptors (Lipinski definition) is 5. The number of nitrogens with zero attached hydrogens (tertiary/aromatic N) is 3. The average Bonchev–Trinajstić information content (AvgIpc) is 3.82. The molecule has 0 saturated carbocycles. The SMILES string of the molecule is c1ccc(-c2nc(-c3cc(-c4ccccc4)c4c(c3)oc3ccccc34)nc(-c3cc(-c4ccc5ccccc5c4)c4c(c3)oc3ccccc34)n2)cc1. The van der Waals surface area contributed by atoms with Crippen LogP contribution in [0.3, 0.4) is 0 Å². The van der Waals surface area contributed by atoms with Gasteiger partial charge in [0.1, 0.15) is 22.3 Å². The number of furan rings is 2. The number of fused-ring (bicyclic) bond motifs is 7. The Balaban J connectivity index is 1.18. The van der Waals surface area contributed by atoms with E-state index in [1.54, 1.807) is 0 Å². The number of para-hydroxylation sites is 2. The van der Waals surface area contributed by atoms with Gasteiger partial charge < -0.3 is 8.83 Å². The normalized spacial score (nSPS) is 11.7. The summed E-state index contributed by atoms with van der Waals surface area (Å²) in [5.74, 6) is 1.68. The Bertz CT molecular complexity index is 3220. The summed E-state index contributed by atoms with van der Waals surface area (Å²) in [6.07, 6.45) is 0. The molecule has 0 amide bonds. The van der Waals surface area contributed by atoms with Gasteiger partial charge in [-0.1, -0.05) is 133 Å². The van der Waals surface area contributed by atoms with Gasteiger partial charge in [-0.2, -0.15) is 0 Å². The summed E-state index contributed by atoms with van der Waals surface area (Å²) in [5, 5.41) is 6.62. The highest BCUT2D eigenvalue weighted by molar-refractivity contribution is 6.15. The molecule has 0 fully saturated rings. The van der Waals surface area contributed by atoms with E-state index in [1.807, 2.05) is 60.7 Å². The number of benzene rings is 8. The molecule has 0 spiro atoms. The predicted molar refractivity (Wildman–Crippen MR) is 219 cm³/mol. The van der Waals surface area contributed by atoms with Crippen molar-refractivity contribution in [2.24, 2.45) is 0 Å². The first-order valence-corrected chi connectivity index (χ1v) is 18.0. The van der Waals surface area contributed by atoms with Crippen LogP contribution in [-0.4, -0.2) is 15.0 Å². The Morgan fingerprint density at radius 1 is 0.296 bits per heavy atom. The molecular weight excluding hydrogens is 663 g/mol. The van der Waals surface area contributed by atoms with Crippen molar-refractivity contribution in [3.05, 3.63) is 176 Å². The number of aromatic nitrogens is 3. The second-order valence-corrected chi connectivity index (χ2v) is 13.6. The second-order valence-electron chi connectivity index (χ2n) is 13.6. The zero-order valence-corrected chi connectivity index (χ0v) is 28.9. The maximum atomic E-state index is 6.55. The van der Waals surface area contributed by atoms with Crippen LogP contribution in [0.2, 0.25) is 0 Å². The first-order chi connectivity index (χ1) is 26.7. The highest BCUT2D eigenvalue weighted by Gasteiger charge is 2.21. The monoisotopic (exact) mass is 691 g/mol. The molecule has 0 saturated heterocycles. The van der Waals surface area contributed by atoms with E-state index < -0.39 is 0 Å². The maximum absolute atomic E-state index is 6.55. The summed E-state index contributed by atoms with van der Waals surface area (Å²) >= 11 is 0. The third-order valence-electron chi connectivity index (χ3n) is 10.3. The van der Waals surface area contributed by atoms with Crippen molar-refractivity contribution in [1.82, 2.24) is 15.0 Å². The van der Waals surface area contributed by atoms with E-state index in [0.717, 1.165) is 82.8 Å². The van der Waals surface area contributed by atoms with E-state index in [9.17, 15) is 0 Å². The van der Waals surface area contributed by atoms with Crippen LogP contribution < -0.4 is 0 Å². The first-order valence-electron chi connectivity index (χ1n) is 18.0. The van der Waals surface area contributed by atoms with E-state index in [2.05, 4.69) is 115 Å². The van der Waals surface area contributed by atoms with E-state index >= 15 is 0 Å². The van der Waals surface area contributed by atoms with Gasteiger partial charge in [-0.25, -0.2) is 15.0 Å². The van der Waals surface area contributed by atoms with Crippen molar-refractivity contribution in [2.75, 3.05) is 0 Å². The fourth-order valence-electron chi connectivity index (χ4n) is 7.75. The fraction of sp³-hybridized carbons (Fsp3) is 0. The van der Waals surface area contributed by atoms with Gasteiger partial charge in [0.2, 0.25) is 0 Å². The van der Waals surface area contributed by atoms with Crippen molar-refractivity contribution in [2.45, 2.75) is 0 Å². The third-order valence-corrected chi connectivity index (χ3v) is 10.3. The zero-order chi connectivity index (χ0) is 35.6. The number of hydrogen-bond donors (Lipinski definition) is 0. The Hall–Kier alpha value is -7.37. The van der Waals surface area contributed by atoms with Crippen molar-refractivity contribution in [3.63, 3.8) is 0 Å². The molecule has 0 aliphatic rings. The standard InChI is InChI=1S/C49H29N3O2/c1-3-14-31(15-4-1)39-26-35(28-43-45(39)37-19-9-11-21-41(37)53-43)48-50-47(32-16-5-2-6-17-32)51-49(52-48)36-27-40(34-24-23-30-13-7-8-18-33(30)25-34)46-38-20-10-12-22-42(38)54-44(46)29-36/h1-29H. The molecule has 11 aromatic rings. The van der Waals surface area contributed by atoms with Gasteiger partial charge in [-0.3, -0.25) is 0 Å². The lowest BCUT2D eigenvalue weighted by atomic mass is 9.95. The van der Waals surface area contributed by atoms with Gasteiger partial charge in [0.05, 0.1) is 0 Å². The molecule has 0 bridgehead atoms. The van der Waals surface area contributed by atoms with Crippen LogP contribution in [0, 0.1) is 0 Å². The van der Waals surface area contributed by atoms with Crippen molar-refractivity contribution in [1.29, 1.82) is 0 Å². The summed E-state index contributed by atoms with van der Waals surface area (Å²) < 4.78 is 13.0. The molecule has 3 heterocycles. The van der Waals surface area contributed by atoms with Crippen LogP contribution in [0.4, 0.5) is 0 Å². The van der Waals surface area contributed by atoms with Gasteiger partial charge in [-0.05, 0) is 75.5 Å². The van der Waals surface area contributed by atoms with Crippen LogP contribution >= 0.6 is 0 Å². The minimum absolute atomic E-state index is 0.550. The molecule has 0 aliphatic heterocycles. The van der Waals surface area contributed by atoms with E-state index in [4.69, 9.17) is 23.8 Å². The summed E-state index contributed by atoms with van der Waals surface area (Å²) in [6.45, 7) is 0. The smallest absolute Gasteiger partial charge is 0.164 e. The quantitative estimate of drug-likeness (QED) is 0.180. The minimum atomic E-state index is 0.550. The minimum Gasteiger partial charge on any atom is -0.456 e. The summed E-state index contributed by atoms with van der Waals surface area (Å²) in [5.41, 5.74) is 10.1. The fourth-order valence-corrected chi connectivity index (χ4v) is 7.75. The van der Waals surface area contributed by atoms with Gasteiger partial charge in [0, 0.05) is 38.2 Å². The largest absolute Gasteiger partial charge is 0.456 e. The molecule has 5 nitrogen and oxygen atoms in total. The topological polar surface area (TPSA) is 65.0 Å². The molecule has 5 heteroatoms. The van der Waals surface area contributed by atoms with Crippen LogP contribution in [0.1, 0.15) is 0 Å². The lowest BCUT2D eigenvalue weighted by molar-refractivity contribution is 0.669. The highest BCUT2D eigenvalue weighted by atomic mass is 16.3. The van der Waals surface area contributed by atoms with E-state index in [1.165, 1.54) is 10.8 Å². The van der Waals surface area contributed by atoms with Gasteiger partial charge in [0.25, 0.3) is 0 Å². The zero-order valence-electron chi connectivity index (χ0n) is 28.9. The van der Waals surface area contributed by atoms with Crippen LogP contribution in [-0.2, 0) is 0 Å². The van der Waals surface area contributed by atoms with Crippen molar-refractivity contribution >= 4 is 54.6 Å². The van der Waals surface area contributed by atoms with Gasteiger partial charge in [-0.15, -0.1) is 0 Å². The Morgan fingerprint density at radius 2 is 0.759 bits per heavy atom. The molecule has 11 rings (SSSR count). The molecule has 0 radical (unpaired) electrons. The lowest BCUT2D eigenvalue weighted by Gasteiger charge is -2.12. The molecule has 3 aromatic heterocycles. The average molecular weight is 692 g/mol. The molecule has 0 N–H and O–H groups in total. The molecule has 8 aromatic carbocycles. The third kappa shape index (κ3) is 4.98. The Morgan fingerprint density at radius 3 is 1.35 bits per heavy atom. The second kappa shape index (κ2) is 12.1. The molecule has 0 aliphatic carbocycles. The molecule has 0 unspecified atom stereocenters. The highest BCUT2D eigenvalue weighted by Crippen LogP contribution is 2.42. The molecular formula is C49H29N3O2. The van der Waals surface area contributed by atoms with E-state index in [0.29, 0.717) is 17.5 Å². The van der Waals surface area contributed by atoms with Crippen LogP contribution in [0.5, 0.6) is 0 Å². The van der Waals surface area contributed by atoms with Gasteiger partial charge >= 0.3 is 0 Å².